The molecule has 0 aliphatic carbocycles. The highest BCUT2D eigenvalue weighted by Gasteiger charge is 2.43. The predicted octanol–water partition coefficient (Wildman–Crippen LogP) is 1.90. The van der Waals surface area contributed by atoms with E-state index in [1.165, 1.54) is 0 Å². The zero-order valence-corrected chi connectivity index (χ0v) is 19.6. The van der Waals surface area contributed by atoms with Crippen LogP contribution in [0.2, 0.25) is 0 Å². The van der Waals surface area contributed by atoms with Gasteiger partial charge in [-0.1, -0.05) is 33.3 Å². The van der Waals surface area contributed by atoms with E-state index < -0.39 is 29.3 Å². The van der Waals surface area contributed by atoms with Crippen LogP contribution in [0.25, 0.3) is 0 Å². The lowest BCUT2D eigenvalue weighted by Crippen LogP contribution is -2.49. The van der Waals surface area contributed by atoms with Gasteiger partial charge in [-0.3, -0.25) is 29.4 Å². The fourth-order valence-electron chi connectivity index (χ4n) is 3.03. The fourth-order valence-corrected chi connectivity index (χ4v) is 3.03. The van der Waals surface area contributed by atoms with Crippen molar-refractivity contribution in [3.05, 3.63) is 29.3 Å². The molecule has 1 unspecified atom stereocenters. The predicted molar refractivity (Wildman–Crippen MR) is 123 cm³/mol. The van der Waals surface area contributed by atoms with Crippen LogP contribution in [0.3, 0.4) is 0 Å². The zero-order valence-electron chi connectivity index (χ0n) is 19.6. The molecule has 0 saturated heterocycles. The molecule has 1 aromatic rings. The molecule has 9 heteroatoms. The molecule has 1 aliphatic heterocycles. The number of hydrogen-bond donors (Lipinski definition) is 4. The van der Waals surface area contributed by atoms with Crippen LogP contribution in [0.5, 0.6) is 0 Å². The van der Waals surface area contributed by atoms with Gasteiger partial charge in [0.15, 0.2) is 0 Å². The summed E-state index contributed by atoms with van der Waals surface area (Å²) in [7, 11) is 0. The van der Waals surface area contributed by atoms with E-state index in [4.69, 9.17) is 10.8 Å². The number of benzene rings is 1. The Bertz CT molecular complexity index is 817. The Balaban J connectivity index is 0.000000751. The van der Waals surface area contributed by atoms with Gasteiger partial charge in [0, 0.05) is 17.8 Å². The highest BCUT2D eigenvalue weighted by molar-refractivity contribution is 6.25. The number of fused-ring (bicyclic) bond motifs is 1. The van der Waals surface area contributed by atoms with Gasteiger partial charge in [-0.15, -0.1) is 0 Å². The van der Waals surface area contributed by atoms with Crippen LogP contribution in [0.4, 0.5) is 5.69 Å². The third kappa shape index (κ3) is 7.42. The molecule has 1 heterocycles. The summed E-state index contributed by atoms with van der Waals surface area (Å²) in [4.78, 5) is 49.5. The van der Waals surface area contributed by atoms with Crippen molar-refractivity contribution in [1.29, 1.82) is 0 Å². The zero-order chi connectivity index (χ0) is 24.5. The Morgan fingerprint density at radius 3 is 2.34 bits per heavy atom. The van der Waals surface area contributed by atoms with E-state index in [9.17, 15) is 19.2 Å². The first kappa shape index (κ1) is 27.3. The Labute approximate surface area is 189 Å². The molecule has 5 N–H and O–H groups in total. The van der Waals surface area contributed by atoms with Gasteiger partial charge in [-0.2, -0.15) is 0 Å². The monoisotopic (exact) mass is 448 g/mol. The second-order valence-corrected chi connectivity index (χ2v) is 8.90. The van der Waals surface area contributed by atoms with Gasteiger partial charge in [0.2, 0.25) is 12.3 Å². The fraction of sp³-hybridized carbons (Fsp3) is 0.565. The lowest BCUT2D eigenvalue weighted by molar-refractivity contribution is -0.128. The van der Waals surface area contributed by atoms with Crippen LogP contribution < -0.4 is 16.4 Å². The Morgan fingerprint density at radius 2 is 1.84 bits per heavy atom. The molecule has 4 amide bonds. The van der Waals surface area contributed by atoms with E-state index in [0.29, 0.717) is 36.6 Å². The molecule has 0 aromatic heterocycles. The summed E-state index contributed by atoms with van der Waals surface area (Å²) in [5.74, 6) is -1.14. The maximum absolute atomic E-state index is 12.9. The van der Waals surface area contributed by atoms with Gasteiger partial charge < -0.3 is 16.2 Å². The van der Waals surface area contributed by atoms with Crippen molar-refractivity contribution < 1.29 is 24.3 Å². The van der Waals surface area contributed by atoms with E-state index in [0.717, 1.165) is 11.3 Å². The van der Waals surface area contributed by atoms with Crippen LogP contribution >= 0.6 is 0 Å². The summed E-state index contributed by atoms with van der Waals surface area (Å²) in [6.07, 6.45) is 2.07. The molecule has 1 aromatic carbocycles. The quantitative estimate of drug-likeness (QED) is 0.316. The standard InChI is InChI=1S/C19H25N3O4.C4H11NO/c1-4-6-15(17(24)21-11-23)22-18(25)13-7-5-8-14(16(13)19(22)26)20-10-9-12(2)3;1-4(2,5)3-6/h5,7-8,11-12,15,20H,4,6,9-10H2,1-3H3,(H,21,23,24);6H,3,5H2,1-2H3. The molecule has 0 bridgehead atoms. The highest BCUT2D eigenvalue weighted by atomic mass is 16.3. The molecule has 1 atom stereocenters. The average Bonchev–Trinajstić information content (AvgIpc) is 2.97. The number of aliphatic hydroxyl groups excluding tert-OH is 1. The number of amides is 4. The van der Waals surface area contributed by atoms with Gasteiger partial charge in [0.1, 0.15) is 6.04 Å². The molecular weight excluding hydrogens is 412 g/mol. The third-order valence-corrected chi connectivity index (χ3v) is 4.77. The van der Waals surface area contributed by atoms with Crippen molar-refractivity contribution in [2.24, 2.45) is 11.7 Å². The number of aliphatic hydroxyl groups is 1. The van der Waals surface area contributed by atoms with Crippen molar-refractivity contribution >= 4 is 29.8 Å². The largest absolute Gasteiger partial charge is 0.394 e. The second-order valence-electron chi connectivity index (χ2n) is 8.90. The summed E-state index contributed by atoms with van der Waals surface area (Å²) >= 11 is 0. The van der Waals surface area contributed by atoms with Crippen molar-refractivity contribution in [1.82, 2.24) is 10.2 Å². The third-order valence-electron chi connectivity index (χ3n) is 4.77. The van der Waals surface area contributed by atoms with Crippen LogP contribution in [0, 0.1) is 5.92 Å². The van der Waals surface area contributed by atoms with Gasteiger partial charge in [-0.05, 0) is 44.7 Å². The van der Waals surface area contributed by atoms with E-state index in [1.54, 1.807) is 32.0 Å². The molecule has 0 saturated carbocycles. The number of nitrogens with one attached hydrogen (secondary N) is 2. The van der Waals surface area contributed by atoms with Crippen molar-refractivity contribution in [2.45, 2.75) is 65.5 Å². The minimum Gasteiger partial charge on any atom is -0.394 e. The van der Waals surface area contributed by atoms with Gasteiger partial charge >= 0.3 is 0 Å². The molecule has 178 valence electrons. The summed E-state index contributed by atoms with van der Waals surface area (Å²) in [6, 6.07) is 4.06. The molecule has 2 rings (SSSR count). The number of carbonyl (C=O) groups is 4. The van der Waals surface area contributed by atoms with Crippen molar-refractivity contribution in [2.75, 3.05) is 18.5 Å². The molecule has 9 nitrogen and oxygen atoms in total. The lowest BCUT2D eigenvalue weighted by atomic mass is 10.1. The number of hydrogen-bond acceptors (Lipinski definition) is 7. The van der Waals surface area contributed by atoms with Crippen LogP contribution in [0.15, 0.2) is 18.2 Å². The number of rotatable bonds is 10. The van der Waals surface area contributed by atoms with Crippen LogP contribution in [-0.4, -0.2) is 58.9 Å². The SMILES string of the molecule is CC(C)(N)CO.CCCC(C(=O)NC=O)N1C(=O)c2cccc(NCCC(C)C)c2C1=O. The van der Waals surface area contributed by atoms with Gasteiger partial charge in [0.25, 0.3) is 11.8 Å². The maximum Gasteiger partial charge on any atom is 0.264 e. The van der Waals surface area contributed by atoms with Gasteiger partial charge in [-0.25, -0.2) is 0 Å². The number of nitrogens with two attached hydrogens (primary N) is 1. The second kappa shape index (κ2) is 12.3. The Hall–Kier alpha value is -2.78. The number of imide groups is 2. The minimum absolute atomic E-state index is 0.0486. The van der Waals surface area contributed by atoms with E-state index in [-0.39, 0.29) is 18.6 Å². The van der Waals surface area contributed by atoms with Crippen LogP contribution in [0.1, 0.15) is 74.6 Å². The average molecular weight is 449 g/mol. The minimum atomic E-state index is -0.999. The number of nitrogens with zero attached hydrogens (tertiary/aromatic N) is 1. The number of carbonyl (C=O) groups excluding carboxylic acids is 4. The maximum atomic E-state index is 12.9. The Kier molecular flexibility index (Phi) is 10.5. The van der Waals surface area contributed by atoms with E-state index in [1.807, 2.05) is 6.92 Å². The van der Waals surface area contributed by atoms with Crippen LogP contribution in [-0.2, 0) is 9.59 Å². The first-order valence-electron chi connectivity index (χ1n) is 10.9. The molecule has 1 aliphatic rings. The summed E-state index contributed by atoms with van der Waals surface area (Å²) in [6.45, 7) is 10.3. The normalized spacial score (nSPS) is 13.9. The topological polar surface area (TPSA) is 142 Å². The smallest absolute Gasteiger partial charge is 0.264 e. The molecule has 0 fully saturated rings. The first-order chi connectivity index (χ1) is 15.0. The Morgan fingerprint density at radius 1 is 1.22 bits per heavy atom. The van der Waals surface area contributed by atoms with E-state index in [2.05, 4.69) is 24.5 Å². The summed E-state index contributed by atoms with van der Waals surface area (Å²) in [5.41, 5.74) is 6.05. The summed E-state index contributed by atoms with van der Waals surface area (Å²) in [5, 5.41) is 13.5. The number of anilines is 1. The summed E-state index contributed by atoms with van der Waals surface area (Å²) < 4.78 is 0. The van der Waals surface area contributed by atoms with Crippen molar-refractivity contribution in [3.8, 4) is 0 Å². The first-order valence-corrected chi connectivity index (χ1v) is 10.9. The lowest BCUT2D eigenvalue weighted by Gasteiger charge is -2.24. The highest BCUT2D eigenvalue weighted by Crippen LogP contribution is 2.31. The van der Waals surface area contributed by atoms with Gasteiger partial charge in [0.05, 0.1) is 17.7 Å². The molecule has 32 heavy (non-hydrogen) atoms. The molecule has 0 spiro atoms. The van der Waals surface area contributed by atoms with Crippen molar-refractivity contribution in [3.63, 3.8) is 0 Å². The van der Waals surface area contributed by atoms with E-state index >= 15 is 0 Å². The molecule has 0 radical (unpaired) electrons. The molecular formula is C23H36N4O5.